The first-order chi connectivity index (χ1) is 12.2. The van der Waals surface area contributed by atoms with Gasteiger partial charge in [0.15, 0.2) is 0 Å². The first-order valence-corrected chi connectivity index (χ1v) is 7.93. The van der Waals surface area contributed by atoms with Crippen molar-refractivity contribution in [2.45, 2.75) is 12.3 Å². The number of imidazole rings is 1. The summed E-state index contributed by atoms with van der Waals surface area (Å²) in [5.41, 5.74) is 2.01. The molecule has 126 valence electrons. The molecule has 0 saturated carbocycles. The third-order valence-electron chi connectivity index (χ3n) is 4.38. The molecule has 25 heavy (non-hydrogen) atoms. The molecule has 0 saturated heterocycles. The largest absolute Gasteiger partial charge is 0.497 e. The van der Waals surface area contributed by atoms with Crippen molar-refractivity contribution in [2.75, 3.05) is 12.4 Å². The van der Waals surface area contributed by atoms with Crippen LogP contribution in [0.5, 0.6) is 5.75 Å². The maximum absolute atomic E-state index is 14.2. The Hall–Kier alpha value is -3.15. The van der Waals surface area contributed by atoms with Gasteiger partial charge in [-0.2, -0.15) is 0 Å². The highest BCUT2D eigenvalue weighted by atomic mass is 19.1. The number of halogens is 1. The third-order valence-corrected chi connectivity index (χ3v) is 4.38. The molecule has 1 aliphatic heterocycles. The van der Waals surface area contributed by atoms with Crippen LogP contribution < -0.4 is 10.1 Å². The summed E-state index contributed by atoms with van der Waals surface area (Å²) in [6.45, 7) is 0. The van der Waals surface area contributed by atoms with E-state index in [0.717, 1.165) is 17.0 Å². The molecule has 3 aromatic rings. The Morgan fingerprint density at radius 1 is 1.24 bits per heavy atom. The molecule has 1 aromatic heterocycles. The highest BCUT2D eigenvalue weighted by Gasteiger charge is 2.31. The van der Waals surface area contributed by atoms with E-state index in [-0.39, 0.29) is 24.1 Å². The SMILES string of the molecule is COc1cccc([C@H]2CC(=O)Nc3c2ncn3-c2ccccc2F)c1. The monoisotopic (exact) mass is 337 g/mol. The van der Waals surface area contributed by atoms with E-state index in [9.17, 15) is 9.18 Å². The van der Waals surface area contributed by atoms with Crippen LogP contribution in [0.15, 0.2) is 54.9 Å². The highest BCUT2D eigenvalue weighted by molar-refractivity contribution is 5.94. The Morgan fingerprint density at radius 3 is 2.88 bits per heavy atom. The van der Waals surface area contributed by atoms with Crippen LogP contribution in [-0.2, 0) is 4.79 Å². The number of fused-ring (bicyclic) bond motifs is 1. The molecule has 2 aromatic carbocycles. The number of aromatic nitrogens is 2. The fourth-order valence-electron chi connectivity index (χ4n) is 3.17. The number of nitrogens with one attached hydrogen (secondary N) is 1. The van der Waals surface area contributed by atoms with Gasteiger partial charge in [-0.05, 0) is 29.8 Å². The van der Waals surface area contributed by atoms with Crippen LogP contribution in [0.4, 0.5) is 10.2 Å². The van der Waals surface area contributed by atoms with Gasteiger partial charge in [-0.3, -0.25) is 9.36 Å². The van der Waals surface area contributed by atoms with Crippen LogP contribution in [-0.4, -0.2) is 22.6 Å². The number of rotatable bonds is 3. The molecule has 0 unspecified atom stereocenters. The van der Waals surface area contributed by atoms with Gasteiger partial charge < -0.3 is 10.1 Å². The zero-order valence-corrected chi connectivity index (χ0v) is 13.6. The zero-order chi connectivity index (χ0) is 17.4. The molecule has 0 bridgehead atoms. The summed E-state index contributed by atoms with van der Waals surface area (Å²) in [6.07, 6.45) is 1.83. The van der Waals surface area contributed by atoms with Crippen LogP contribution in [0.1, 0.15) is 23.6 Å². The van der Waals surface area contributed by atoms with Crippen molar-refractivity contribution in [3.8, 4) is 11.4 Å². The van der Waals surface area contributed by atoms with E-state index in [0.29, 0.717) is 11.5 Å². The van der Waals surface area contributed by atoms with Crippen molar-refractivity contribution in [3.05, 3.63) is 71.9 Å². The highest BCUT2D eigenvalue weighted by Crippen LogP contribution is 2.38. The van der Waals surface area contributed by atoms with Crippen molar-refractivity contribution in [3.63, 3.8) is 0 Å². The number of carbonyl (C=O) groups is 1. The first kappa shape index (κ1) is 15.4. The average Bonchev–Trinajstić information content (AvgIpc) is 3.05. The normalized spacial score (nSPS) is 16.2. The van der Waals surface area contributed by atoms with Gasteiger partial charge in [0.25, 0.3) is 0 Å². The van der Waals surface area contributed by atoms with Crippen LogP contribution in [0.3, 0.4) is 0 Å². The van der Waals surface area contributed by atoms with E-state index in [1.165, 1.54) is 6.07 Å². The van der Waals surface area contributed by atoms with Crippen molar-refractivity contribution in [1.29, 1.82) is 0 Å². The molecule has 1 N–H and O–H groups in total. The second-order valence-electron chi connectivity index (χ2n) is 5.88. The number of nitrogens with zero attached hydrogens (tertiary/aromatic N) is 2. The van der Waals surface area contributed by atoms with Gasteiger partial charge in [-0.15, -0.1) is 0 Å². The number of ether oxygens (including phenoxy) is 1. The number of hydrogen-bond acceptors (Lipinski definition) is 3. The predicted molar refractivity (Wildman–Crippen MR) is 91.6 cm³/mol. The molecular weight excluding hydrogens is 321 g/mol. The van der Waals surface area contributed by atoms with E-state index in [4.69, 9.17) is 4.74 Å². The Bertz CT molecular complexity index is 951. The lowest BCUT2D eigenvalue weighted by molar-refractivity contribution is -0.116. The second kappa shape index (κ2) is 6.05. The van der Waals surface area contributed by atoms with Crippen molar-refractivity contribution in [2.24, 2.45) is 0 Å². The summed E-state index contributed by atoms with van der Waals surface area (Å²) in [4.78, 5) is 16.7. The molecule has 1 amide bonds. The van der Waals surface area contributed by atoms with Gasteiger partial charge >= 0.3 is 0 Å². The lowest BCUT2D eigenvalue weighted by Crippen LogP contribution is -2.25. The summed E-state index contributed by atoms with van der Waals surface area (Å²) in [6, 6.07) is 14.0. The van der Waals surface area contributed by atoms with Crippen LogP contribution in [0.25, 0.3) is 5.69 Å². The number of amides is 1. The number of anilines is 1. The van der Waals surface area contributed by atoms with Crippen LogP contribution in [0, 0.1) is 5.82 Å². The Labute approximate surface area is 144 Å². The summed E-state index contributed by atoms with van der Waals surface area (Å²) in [7, 11) is 1.60. The van der Waals surface area contributed by atoms with Crippen molar-refractivity contribution >= 4 is 11.7 Å². The van der Waals surface area contributed by atoms with E-state index in [1.807, 2.05) is 24.3 Å². The molecule has 0 aliphatic carbocycles. The zero-order valence-electron chi connectivity index (χ0n) is 13.6. The molecule has 6 heteroatoms. The molecule has 5 nitrogen and oxygen atoms in total. The topological polar surface area (TPSA) is 56.1 Å². The predicted octanol–water partition coefficient (Wildman–Crippen LogP) is 3.49. The maximum Gasteiger partial charge on any atom is 0.226 e. The first-order valence-electron chi connectivity index (χ1n) is 7.93. The van der Waals surface area contributed by atoms with Gasteiger partial charge in [0.2, 0.25) is 5.91 Å². The fraction of sp³-hybridized carbons (Fsp3) is 0.158. The molecular formula is C19H16FN3O2. The molecule has 0 spiro atoms. The molecule has 1 aliphatic rings. The van der Waals surface area contributed by atoms with Crippen molar-refractivity contribution in [1.82, 2.24) is 9.55 Å². The van der Waals surface area contributed by atoms with Crippen LogP contribution in [0.2, 0.25) is 0 Å². The van der Waals surface area contributed by atoms with Gasteiger partial charge in [-0.1, -0.05) is 24.3 Å². The van der Waals surface area contributed by atoms with E-state index in [2.05, 4.69) is 10.3 Å². The fourth-order valence-corrected chi connectivity index (χ4v) is 3.17. The van der Waals surface area contributed by atoms with Crippen LogP contribution >= 0.6 is 0 Å². The van der Waals surface area contributed by atoms with Gasteiger partial charge in [0.1, 0.15) is 23.7 Å². The molecule has 0 radical (unpaired) electrons. The Morgan fingerprint density at radius 2 is 2.08 bits per heavy atom. The molecule has 0 fully saturated rings. The maximum atomic E-state index is 14.2. The minimum Gasteiger partial charge on any atom is -0.497 e. The minimum absolute atomic E-state index is 0.126. The number of methoxy groups -OCH3 is 1. The molecule has 4 rings (SSSR count). The Kier molecular flexibility index (Phi) is 3.72. The van der Waals surface area contributed by atoms with Crippen molar-refractivity contribution < 1.29 is 13.9 Å². The lowest BCUT2D eigenvalue weighted by atomic mass is 9.89. The lowest BCUT2D eigenvalue weighted by Gasteiger charge is -2.23. The minimum atomic E-state index is -0.375. The summed E-state index contributed by atoms with van der Waals surface area (Å²) >= 11 is 0. The number of hydrogen-bond donors (Lipinski definition) is 1. The summed E-state index contributed by atoms with van der Waals surface area (Å²) < 4.78 is 21.0. The van der Waals surface area contributed by atoms with Gasteiger partial charge in [0, 0.05) is 12.3 Å². The van der Waals surface area contributed by atoms with Gasteiger partial charge in [0.05, 0.1) is 18.5 Å². The van der Waals surface area contributed by atoms with E-state index in [1.54, 1.807) is 36.2 Å². The smallest absolute Gasteiger partial charge is 0.226 e. The quantitative estimate of drug-likeness (QED) is 0.796. The third kappa shape index (κ3) is 2.65. The number of para-hydroxylation sites is 1. The standard InChI is InChI=1S/C19H16FN3O2/c1-25-13-6-4-5-12(9-13)14-10-17(24)22-19-18(14)21-11-23(19)16-8-3-2-7-15(16)20/h2-9,11,14H,10H2,1H3,(H,22,24)/t14-/m1/s1. The van der Waals surface area contributed by atoms with E-state index >= 15 is 0 Å². The number of carbonyl (C=O) groups excluding carboxylic acids is 1. The van der Waals surface area contributed by atoms with E-state index < -0.39 is 0 Å². The van der Waals surface area contributed by atoms with Gasteiger partial charge in [-0.25, -0.2) is 9.37 Å². The summed E-state index contributed by atoms with van der Waals surface area (Å²) in [5, 5.41) is 2.83. The molecule has 2 heterocycles. The average molecular weight is 337 g/mol. The second-order valence-corrected chi connectivity index (χ2v) is 5.88. The number of benzene rings is 2. The Balaban J connectivity index is 1.83. The summed E-state index contributed by atoms with van der Waals surface area (Å²) in [5.74, 6) is 0.526. The molecule has 1 atom stereocenters.